The van der Waals surface area contributed by atoms with Crippen molar-refractivity contribution in [3.05, 3.63) is 36.0 Å². The van der Waals surface area contributed by atoms with Gasteiger partial charge in [0.15, 0.2) is 5.79 Å². The summed E-state index contributed by atoms with van der Waals surface area (Å²) in [4.78, 5) is 45.1. The number of nitrogens with zero attached hydrogens (tertiary/aromatic N) is 1. The van der Waals surface area contributed by atoms with E-state index in [-0.39, 0.29) is 37.0 Å². The maximum atomic E-state index is 12.9. The van der Waals surface area contributed by atoms with E-state index in [1.54, 1.807) is 41.5 Å². The van der Waals surface area contributed by atoms with Gasteiger partial charge in [-0.05, 0) is 73.4 Å². The van der Waals surface area contributed by atoms with E-state index in [1.165, 1.54) is 0 Å². The molecule has 0 bridgehead atoms. The quantitative estimate of drug-likeness (QED) is 0.145. The lowest BCUT2D eigenvalue weighted by atomic mass is 10.1. The number of hydrogen-bond acceptors (Lipinski definition) is 10. The van der Waals surface area contributed by atoms with Gasteiger partial charge >= 0.3 is 12.2 Å². The number of aromatic amines is 1. The van der Waals surface area contributed by atoms with Crippen molar-refractivity contribution in [2.75, 3.05) is 26.2 Å². The van der Waals surface area contributed by atoms with Crippen molar-refractivity contribution in [2.24, 2.45) is 4.99 Å². The number of carbonyl (C=O) groups excluding carboxylic acids is 3. The number of alkyl carbamates (subject to hydrolysis) is 2. The van der Waals surface area contributed by atoms with Crippen LogP contribution in [0.1, 0.15) is 67.4 Å². The molecule has 4 rings (SSSR count). The van der Waals surface area contributed by atoms with Crippen molar-refractivity contribution >= 4 is 35.0 Å². The van der Waals surface area contributed by atoms with Gasteiger partial charge in [-0.15, -0.1) is 0 Å². The Morgan fingerprint density at radius 3 is 2.17 bits per heavy atom. The summed E-state index contributed by atoms with van der Waals surface area (Å²) < 4.78 is 29.1. The molecule has 1 aromatic heterocycles. The first kappa shape index (κ1) is 36.1. The monoisotopic (exact) mass is 658 g/mol. The van der Waals surface area contributed by atoms with Gasteiger partial charge in [-0.3, -0.25) is 20.4 Å². The molecule has 14 heteroatoms. The highest BCUT2D eigenvalue weighted by atomic mass is 16.8. The van der Waals surface area contributed by atoms with Crippen LogP contribution in [-0.2, 0) is 34.9 Å². The lowest BCUT2D eigenvalue weighted by Crippen LogP contribution is -2.47. The Labute approximate surface area is 276 Å². The molecule has 5 N–H and O–H groups in total. The number of guanidine groups is 1. The number of para-hydroxylation sites is 1. The minimum Gasteiger partial charge on any atom is -0.444 e. The number of nitrogens with one attached hydrogen (secondary N) is 5. The number of rotatable bonds is 10. The first-order chi connectivity index (χ1) is 22.0. The number of ether oxygens (including phenoxy) is 5. The van der Waals surface area contributed by atoms with Crippen LogP contribution in [0.15, 0.2) is 35.5 Å². The fraction of sp³-hybridized carbons (Fsp3) is 0.636. The van der Waals surface area contributed by atoms with Crippen LogP contribution in [0.3, 0.4) is 0 Å². The van der Waals surface area contributed by atoms with E-state index >= 15 is 0 Å². The molecule has 3 heterocycles. The molecule has 2 fully saturated rings. The molecule has 2 aliphatic rings. The highest BCUT2D eigenvalue weighted by Crippen LogP contribution is 2.39. The second-order valence-corrected chi connectivity index (χ2v) is 14.1. The molecule has 260 valence electrons. The Balaban J connectivity index is 1.27. The summed E-state index contributed by atoms with van der Waals surface area (Å²) in [5.41, 5.74) is 0.746. The molecule has 2 saturated heterocycles. The SMILES string of the molecule is CC(C)(C)OC(=O)NC(=NCCNC[C@H]1O[C@@H](CC(=O)NCCc2c[nH]c3ccccc23)[C@H]2OC(C)(C)O[C@H]21)NC(=O)OC(C)(C)C. The van der Waals surface area contributed by atoms with Gasteiger partial charge in [-0.1, -0.05) is 18.2 Å². The topological polar surface area (TPSA) is 174 Å². The van der Waals surface area contributed by atoms with E-state index < -0.39 is 41.4 Å². The minimum absolute atomic E-state index is 0.0995. The first-order valence-electron chi connectivity index (χ1n) is 16.1. The Kier molecular flexibility index (Phi) is 11.5. The zero-order chi connectivity index (χ0) is 34.4. The van der Waals surface area contributed by atoms with Crippen molar-refractivity contribution in [3.63, 3.8) is 0 Å². The average molecular weight is 659 g/mol. The third kappa shape index (κ3) is 11.2. The van der Waals surface area contributed by atoms with E-state index in [0.717, 1.165) is 16.5 Å². The number of H-pyrrole nitrogens is 1. The van der Waals surface area contributed by atoms with Gasteiger partial charge < -0.3 is 39.3 Å². The fourth-order valence-electron chi connectivity index (χ4n) is 5.43. The van der Waals surface area contributed by atoms with E-state index in [2.05, 4.69) is 37.3 Å². The summed E-state index contributed by atoms with van der Waals surface area (Å²) in [5, 5.41) is 12.4. The fourth-order valence-corrected chi connectivity index (χ4v) is 5.43. The number of hydrogen-bond donors (Lipinski definition) is 5. The van der Waals surface area contributed by atoms with Crippen LogP contribution in [0, 0.1) is 0 Å². The van der Waals surface area contributed by atoms with E-state index in [9.17, 15) is 14.4 Å². The zero-order valence-corrected chi connectivity index (χ0v) is 28.7. The highest BCUT2D eigenvalue weighted by Gasteiger charge is 2.55. The van der Waals surface area contributed by atoms with Crippen molar-refractivity contribution in [1.29, 1.82) is 0 Å². The van der Waals surface area contributed by atoms with Crippen molar-refractivity contribution in [2.45, 2.75) is 110 Å². The van der Waals surface area contributed by atoms with Gasteiger partial charge in [0.1, 0.15) is 23.4 Å². The summed E-state index contributed by atoms with van der Waals surface area (Å²) in [6, 6.07) is 8.08. The van der Waals surface area contributed by atoms with Crippen molar-refractivity contribution in [1.82, 2.24) is 26.3 Å². The number of aliphatic imine (C=N–C) groups is 1. The number of fused-ring (bicyclic) bond motifs is 2. The normalized spacial score (nSPS) is 22.0. The molecule has 2 aromatic rings. The maximum Gasteiger partial charge on any atom is 0.414 e. The third-order valence-electron chi connectivity index (χ3n) is 7.17. The standard InChI is InChI=1S/C33H50N6O8/c1-31(2,3)46-29(41)38-28(39-30(42)47-32(4,5)6)36-16-15-34-19-24-27-26(44-33(7,8)45-27)23(43-24)17-25(40)35-14-13-20-18-37-22-12-10-9-11-21(20)22/h9-12,18,23-24,26-27,34,37H,13-17,19H2,1-8H3,(H,35,40)(H2,36,38,39,41,42)/t23-,24+,26+,27-/m0/s1. The first-order valence-corrected chi connectivity index (χ1v) is 16.1. The molecule has 4 atom stereocenters. The van der Waals surface area contributed by atoms with Crippen LogP contribution >= 0.6 is 0 Å². The van der Waals surface area contributed by atoms with Gasteiger partial charge in [0, 0.05) is 36.7 Å². The van der Waals surface area contributed by atoms with Crippen LogP contribution in [0.5, 0.6) is 0 Å². The second-order valence-electron chi connectivity index (χ2n) is 14.1. The van der Waals surface area contributed by atoms with Gasteiger partial charge in [0.05, 0.1) is 25.2 Å². The molecule has 0 saturated carbocycles. The zero-order valence-electron chi connectivity index (χ0n) is 28.7. The van der Waals surface area contributed by atoms with Gasteiger partial charge in [-0.2, -0.15) is 0 Å². The van der Waals surface area contributed by atoms with Crippen LogP contribution in [0.25, 0.3) is 10.9 Å². The predicted molar refractivity (Wildman–Crippen MR) is 176 cm³/mol. The van der Waals surface area contributed by atoms with Gasteiger partial charge in [0.25, 0.3) is 0 Å². The van der Waals surface area contributed by atoms with E-state index in [1.807, 2.05) is 38.2 Å². The smallest absolute Gasteiger partial charge is 0.414 e. The average Bonchev–Trinajstić information content (AvgIpc) is 3.57. The molecular formula is C33H50N6O8. The Hall–Kier alpha value is -3.72. The summed E-state index contributed by atoms with van der Waals surface area (Å²) in [6.07, 6.45) is -0.287. The highest BCUT2D eigenvalue weighted by molar-refractivity contribution is 6.01. The van der Waals surface area contributed by atoms with E-state index in [0.29, 0.717) is 26.1 Å². The number of aromatic nitrogens is 1. The Morgan fingerprint density at radius 2 is 1.53 bits per heavy atom. The van der Waals surface area contributed by atoms with E-state index in [4.69, 9.17) is 23.7 Å². The maximum absolute atomic E-state index is 12.9. The summed E-state index contributed by atoms with van der Waals surface area (Å²) in [7, 11) is 0. The molecule has 0 unspecified atom stereocenters. The Bertz CT molecular complexity index is 1390. The van der Waals surface area contributed by atoms with Crippen LogP contribution in [-0.4, -0.2) is 96.6 Å². The lowest BCUT2D eigenvalue weighted by molar-refractivity contribution is -0.187. The van der Waals surface area contributed by atoms with Gasteiger partial charge in [-0.25, -0.2) is 9.59 Å². The second kappa shape index (κ2) is 15.0. The summed E-state index contributed by atoms with van der Waals surface area (Å²) in [6.45, 7) is 15.6. The molecular weight excluding hydrogens is 608 g/mol. The molecule has 0 aliphatic carbocycles. The largest absolute Gasteiger partial charge is 0.444 e. The summed E-state index contributed by atoms with van der Waals surface area (Å²) >= 11 is 0. The van der Waals surface area contributed by atoms with Crippen LogP contribution < -0.4 is 21.3 Å². The third-order valence-corrected chi connectivity index (χ3v) is 7.17. The van der Waals surface area contributed by atoms with Crippen molar-refractivity contribution < 1.29 is 38.1 Å². The molecule has 0 radical (unpaired) electrons. The van der Waals surface area contributed by atoms with Crippen LogP contribution in [0.2, 0.25) is 0 Å². The number of benzene rings is 1. The molecule has 3 amide bonds. The van der Waals surface area contributed by atoms with Gasteiger partial charge in [0.2, 0.25) is 11.9 Å². The van der Waals surface area contributed by atoms with Crippen LogP contribution in [0.4, 0.5) is 9.59 Å². The minimum atomic E-state index is -0.804. The number of amides is 3. The van der Waals surface area contributed by atoms with Crippen molar-refractivity contribution in [3.8, 4) is 0 Å². The lowest BCUT2D eigenvalue weighted by Gasteiger charge is -2.24. The molecule has 47 heavy (non-hydrogen) atoms. The molecule has 2 aliphatic heterocycles. The predicted octanol–water partition coefficient (Wildman–Crippen LogP) is 3.50. The molecule has 0 spiro atoms. The molecule has 14 nitrogen and oxygen atoms in total. The molecule has 1 aromatic carbocycles. The summed E-state index contributed by atoms with van der Waals surface area (Å²) in [5.74, 6) is -1.02. The number of carbonyl (C=O) groups is 3. The Morgan fingerprint density at radius 1 is 0.915 bits per heavy atom.